The summed E-state index contributed by atoms with van der Waals surface area (Å²) in [5.41, 5.74) is 0.345. The van der Waals surface area contributed by atoms with Gasteiger partial charge >= 0.3 is 0 Å². The van der Waals surface area contributed by atoms with Crippen LogP contribution in [0.25, 0.3) is 0 Å². The van der Waals surface area contributed by atoms with Crippen LogP contribution < -0.4 is 5.32 Å². The molecule has 1 aromatic rings. The summed E-state index contributed by atoms with van der Waals surface area (Å²) in [6, 6.07) is 2.62. The smallest absolute Gasteiger partial charge is 0.253 e. The molecule has 0 radical (unpaired) electrons. The van der Waals surface area contributed by atoms with Crippen molar-refractivity contribution in [3.63, 3.8) is 0 Å². The summed E-state index contributed by atoms with van der Waals surface area (Å²) in [7, 11) is 0. The highest BCUT2D eigenvalue weighted by Gasteiger charge is 2.25. The number of pyridine rings is 1. The fourth-order valence-electron chi connectivity index (χ4n) is 2.39. The second-order valence-corrected chi connectivity index (χ2v) is 5.60. The van der Waals surface area contributed by atoms with E-state index in [0.29, 0.717) is 18.7 Å². The van der Waals surface area contributed by atoms with Gasteiger partial charge in [0.15, 0.2) is 0 Å². The summed E-state index contributed by atoms with van der Waals surface area (Å²) < 4.78 is 12.7. The molecule has 0 atom stereocenters. The lowest BCUT2D eigenvalue weighted by atomic mass is 10.0. The molecule has 1 aliphatic heterocycles. The van der Waals surface area contributed by atoms with E-state index >= 15 is 0 Å². The van der Waals surface area contributed by atoms with E-state index in [4.69, 9.17) is 0 Å². The Morgan fingerprint density at radius 1 is 1.33 bits per heavy atom. The summed E-state index contributed by atoms with van der Waals surface area (Å²) in [6.07, 6.45) is 2.69. The minimum atomic E-state index is -0.605. The van der Waals surface area contributed by atoms with Crippen LogP contribution in [0.4, 0.5) is 4.39 Å². The Bertz CT molecular complexity index is 508. The fourth-order valence-corrected chi connectivity index (χ4v) is 2.39. The molecule has 1 saturated heterocycles. The molecule has 0 unspecified atom stereocenters. The highest BCUT2D eigenvalue weighted by atomic mass is 19.1. The van der Waals surface area contributed by atoms with Crippen molar-refractivity contribution in [1.29, 1.82) is 0 Å². The highest BCUT2D eigenvalue weighted by molar-refractivity contribution is 5.94. The number of carbonyl (C=O) groups is 2. The van der Waals surface area contributed by atoms with Gasteiger partial charge in [0, 0.05) is 31.2 Å². The number of halogens is 1. The molecule has 1 aliphatic rings. The Morgan fingerprint density at radius 3 is 2.52 bits per heavy atom. The van der Waals surface area contributed by atoms with Gasteiger partial charge in [0.1, 0.15) is 0 Å². The Hall–Kier alpha value is -1.98. The van der Waals surface area contributed by atoms with Crippen molar-refractivity contribution >= 4 is 11.8 Å². The van der Waals surface area contributed by atoms with E-state index in [-0.39, 0.29) is 23.8 Å². The Balaban J connectivity index is 1.84. The number of hydrogen-bond donors (Lipinski definition) is 1. The van der Waals surface area contributed by atoms with E-state index < -0.39 is 5.95 Å². The maximum absolute atomic E-state index is 12.7. The second-order valence-electron chi connectivity index (χ2n) is 5.60. The molecule has 2 rings (SSSR count). The Morgan fingerprint density at radius 2 is 2.00 bits per heavy atom. The van der Waals surface area contributed by atoms with Gasteiger partial charge in [0.05, 0.1) is 5.56 Å². The average Bonchev–Trinajstić information content (AvgIpc) is 2.47. The van der Waals surface area contributed by atoms with Crippen molar-refractivity contribution in [2.75, 3.05) is 13.1 Å². The van der Waals surface area contributed by atoms with E-state index in [1.807, 2.05) is 18.7 Å². The number of hydrogen-bond acceptors (Lipinski definition) is 3. The molecule has 114 valence electrons. The largest absolute Gasteiger partial charge is 0.349 e. The molecule has 0 saturated carbocycles. The summed E-state index contributed by atoms with van der Waals surface area (Å²) in [5, 5.41) is 2.90. The molecular formula is C15H20FN3O2. The summed E-state index contributed by atoms with van der Waals surface area (Å²) in [6.45, 7) is 5.09. The van der Waals surface area contributed by atoms with Crippen LogP contribution in [0.3, 0.4) is 0 Å². The molecule has 6 heteroatoms. The van der Waals surface area contributed by atoms with Gasteiger partial charge < -0.3 is 10.2 Å². The first-order valence-corrected chi connectivity index (χ1v) is 7.18. The number of likely N-dealkylation sites (tertiary alicyclic amines) is 1. The van der Waals surface area contributed by atoms with Gasteiger partial charge in [-0.15, -0.1) is 0 Å². The van der Waals surface area contributed by atoms with Gasteiger partial charge in [-0.1, -0.05) is 13.8 Å². The summed E-state index contributed by atoms with van der Waals surface area (Å²) in [5.74, 6) is -0.702. The first kappa shape index (κ1) is 15.4. The van der Waals surface area contributed by atoms with Crippen LogP contribution in [0.5, 0.6) is 0 Å². The van der Waals surface area contributed by atoms with E-state index in [2.05, 4.69) is 10.3 Å². The molecule has 5 nitrogen and oxygen atoms in total. The molecular weight excluding hydrogens is 273 g/mol. The Labute approximate surface area is 123 Å². The molecule has 1 aromatic heterocycles. The minimum Gasteiger partial charge on any atom is -0.349 e. The number of aromatic nitrogens is 1. The molecule has 0 aliphatic carbocycles. The zero-order valence-electron chi connectivity index (χ0n) is 12.3. The third-order valence-electron chi connectivity index (χ3n) is 3.63. The Kier molecular flexibility index (Phi) is 4.88. The monoisotopic (exact) mass is 293 g/mol. The number of carbonyl (C=O) groups excluding carboxylic acids is 2. The van der Waals surface area contributed by atoms with Crippen LogP contribution in [-0.2, 0) is 4.79 Å². The van der Waals surface area contributed by atoms with E-state index in [0.717, 1.165) is 12.8 Å². The predicted octanol–water partition coefficient (Wildman–Crippen LogP) is 1.60. The highest BCUT2D eigenvalue weighted by Crippen LogP contribution is 2.14. The van der Waals surface area contributed by atoms with Crippen molar-refractivity contribution in [2.45, 2.75) is 32.7 Å². The first-order chi connectivity index (χ1) is 9.97. The zero-order chi connectivity index (χ0) is 15.4. The van der Waals surface area contributed by atoms with Crippen LogP contribution in [0, 0.1) is 11.9 Å². The lowest BCUT2D eigenvalue weighted by Gasteiger charge is -2.33. The molecule has 2 heterocycles. The number of nitrogens with zero attached hydrogens (tertiary/aromatic N) is 2. The van der Waals surface area contributed by atoms with Gasteiger partial charge in [0.25, 0.3) is 5.91 Å². The number of nitrogens with one attached hydrogen (secondary N) is 1. The van der Waals surface area contributed by atoms with Crippen molar-refractivity contribution in [3.05, 3.63) is 29.8 Å². The van der Waals surface area contributed by atoms with Gasteiger partial charge in [-0.2, -0.15) is 4.39 Å². The van der Waals surface area contributed by atoms with Crippen molar-refractivity contribution < 1.29 is 14.0 Å². The molecule has 0 aromatic carbocycles. The molecule has 21 heavy (non-hydrogen) atoms. The topological polar surface area (TPSA) is 62.3 Å². The minimum absolute atomic E-state index is 0.00132. The average molecular weight is 293 g/mol. The van der Waals surface area contributed by atoms with E-state index in [9.17, 15) is 14.0 Å². The molecule has 2 amide bonds. The standard InChI is InChI=1S/C15H20FN3O2/c1-10(2)15(21)19-7-5-12(6-8-19)18-14(20)11-3-4-13(16)17-9-11/h3-4,9-10,12H,5-8H2,1-2H3,(H,18,20). The van der Waals surface area contributed by atoms with Gasteiger partial charge in [-0.05, 0) is 25.0 Å². The lowest BCUT2D eigenvalue weighted by Crippen LogP contribution is -2.47. The van der Waals surface area contributed by atoms with Gasteiger partial charge in [-0.25, -0.2) is 4.98 Å². The van der Waals surface area contributed by atoms with Crippen molar-refractivity contribution in [3.8, 4) is 0 Å². The summed E-state index contributed by atoms with van der Waals surface area (Å²) in [4.78, 5) is 29.2. The maximum atomic E-state index is 12.7. The van der Waals surface area contributed by atoms with Crippen LogP contribution >= 0.6 is 0 Å². The summed E-state index contributed by atoms with van der Waals surface area (Å²) >= 11 is 0. The first-order valence-electron chi connectivity index (χ1n) is 7.18. The van der Waals surface area contributed by atoms with Gasteiger partial charge in [-0.3, -0.25) is 9.59 Å². The van der Waals surface area contributed by atoms with Gasteiger partial charge in [0.2, 0.25) is 11.9 Å². The molecule has 0 bridgehead atoms. The zero-order valence-corrected chi connectivity index (χ0v) is 12.3. The number of piperidine rings is 1. The van der Waals surface area contributed by atoms with Crippen molar-refractivity contribution in [1.82, 2.24) is 15.2 Å². The number of amides is 2. The SMILES string of the molecule is CC(C)C(=O)N1CCC(NC(=O)c2ccc(F)nc2)CC1. The molecule has 0 spiro atoms. The van der Waals surface area contributed by atoms with E-state index in [1.165, 1.54) is 18.3 Å². The van der Waals surface area contributed by atoms with Crippen LogP contribution in [0.1, 0.15) is 37.0 Å². The molecule has 1 fully saturated rings. The second kappa shape index (κ2) is 6.65. The van der Waals surface area contributed by atoms with Crippen molar-refractivity contribution in [2.24, 2.45) is 5.92 Å². The lowest BCUT2D eigenvalue weighted by molar-refractivity contribution is -0.135. The quantitative estimate of drug-likeness (QED) is 0.861. The third-order valence-corrected chi connectivity index (χ3v) is 3.63. The van der Waals surface area contributed by atoms with Crippen LogP contribution in [-0.4, -0.2) is 40.8 Å². The predicted molar refractivity (Wildman–Crippen MR) is 76.1 cm³/mol. The fraction of sp³-hybridized carbons (Fsp3) is 0.533. The third kappa shape index (κ3) is 4.00. The maximum Gasteiger partial charge on any atom is 0.253 e. The number of rotatable bonds is 3. The normalized spacial score (nSPS) is 16.1. The van der Waals surface area contributed by atoms with Crippen LogP contribution in [0.2, 0.25) is 0 Å². The molecule has 1 N–H and O–H groups in total. The van der Waals surface area contributed by atoms with Crippen LogP contribution in [0.15, 0.2) is 18.3 Å². The van der Waals surface area contributed by atoms with E-state index in [1.54, 1.807) is 0 Å².